The molecule has 0 aromatic heterocycles. The van der Waals surface area contributed by atoms with E-state index >= 15 is 0 Å². The molecule has 3 aromatic rings. The lowest BCUT2D eigenvalue weighted by atomic mass is 10.1. The summed E-state index contributed by atoms with van der Waals surface area (Å²) < 4.78 is 5.92. The fourth-order valence-corrected chi connectivity index (χ4v) is 3.07. The van der Waals surface area contributed by atoms with Gasteiger partial charge in [-0.3, -0.25) is 9.59 Å². The molecule has 5 nitrogen and oxygen atoms in total. The van der Waals surface area contributed by atoms with E-state index < -0.39 is 5.97 Å². The average molecular weight is 487 g/mol. The molecule has 0 heterocycles. The molecule has 0 radical (unpaired) electrons. The number of halogens is 2. The van der Waals surface area contributed by atoms with E-state index in [0.29, 0.717) is 21.8 Å². The second-order valence-electron chi connectivity index (χ2n) is 6.50. The maximum Gasteiger partial charge on any atom is 0.338 e. The fourth-order valence-electron chi connectivity index (χ4n) is 2.56. The van der Waals surface area contributed by atoms with Gasteiger partial charge in [-0.25, -0.2) is 4.79 Å². The molecular weight excluding hydrogens is 470 g/mol. The SMILES string of the molecule is Cc1ccc(C(=O)Nc2ccc(C(=O)OCC(=O)c3ccc(Cl)cc3)cc2)cc1Br. The van der Waals surface area contributed by atoms with Crippen LogP contribution in [0.5, 0.6) is 0 Å². The summed E-state index contributed by atoms with van der Waals surface area (Å²) in [5.41, 5.74) is 2.76. The van der Waals surface area contributed by atoms with E-state index in [1.54, 1.807) is 48.5 Å². The lowest BCUT2D eigenvalue weighted by molar-refractivity contribution is 0.0475. The predicted octanol–water partition coefficient (Wildman–Crippen LogP) is 5.70. The molecule has 0 aliphatic carbocycles. The maximum absolute atomic E-state index is 12.4. The van der Waals surface area contributed by atoms with Gasteiger partial charge in [0.25, 0.3) is 5.91 Å². The van der Waals surface area contributed by atoms with Gasteiger partial charge in [0.05, 0.1) is 5.56 Å². The Labute approximate surface area is 187 Å². The molecule has 152 valence electrons. The molecule has 0 atom stereocenters. The third-order valence-corrected chi connectivity index (χ3v) is 5.42. The van der Waals surface area contributed by atoms with Crippen molar-refractivity contribution in [2.45, 2.75) is 6.92 Å². The highest BCUT2D eigenvalue weighted by Gasteiger charge is 2.13. The highest BCUT2D eigenvalue weighted by atomic mass is 79.9. The molecule has 0 bridgehead atoms. The molecule has 0 spiro atoms. The number of rotatable bonds is 6. The van der Waals surface area contributed by atoms with Crippen LogP contribution in [0, 0.1) is 6.92 Å². The highest BCUT2D eigenvalue weighted by Crippen LogP contribution is 2.19. The standard InChI is InChI=1S/C23H17BrClNO4/c1-14-2-3-17(12-20(14)24)22(28)26-19-10-6-16(7-11-19)23(29)30-13-21(27)15-4-8-18(25)9-5-15/h2-12H,13H2,1H3,(H,26,28). The monoisotopic (exact) mass is 485 g/mol. The number of aryl methyl sites for hydroxylation is 1. The predicted molar refractivity (Wildman–Crippen MR) is 119 cm³/mol. The number of carbonyl (C=O) groups excluding carboxylic acids is 3. The molecule has 0 aliphatic rings. The molecule has 30 heavy (non-hydrogen) atoms. The Hall–Kier alpha value is -2.96. The van der Waals surface area contributed by atoms with Crippen LogP contribution in [0.4, 0.5) is 5.69 Å². The number of carbonyl (C=O) groups is 3. The third kappa shape index (κ3) is 5.55. The van der Waals surface area contributed by atoms with Gasteiger partial charge in [-0.05, 0) is 73.2 Å². The number of hydrogen-bond donors (Lipinski definition) is 1. The van der Waals surface area contributed by atoms with Crippen molar-refractivity contribution in [1.82, 2.24) is 0 Å². The number of hydrogen-bond acceptors (Lipinski definition) is 4. The molecule has 0 saturated carbocycles. The van der Waals surface area contributed by atoms with Crippen molar-refractivity contribution < 1.29 is 19.1 Å². The number of Topliss-reactive ketones (excluding diaryl/α,β-unsaturated/α-hetero) is 1. The number of amides is 1. The summed E-state index contributed by atoms with van der Waals surface area (Å²) in [5.74, 6) is -1.22. The molecule has 0 saturated heterocycles. The fraction of sp³-hybridized carbons (Fsp3) is 0.0870. The Morgan fingerprint density at radius 3 is 2.13 bits per heavy atom. The lowest BCUT2D eigenvalue weighted by Gasteiger charge is -2.08. The molecule has 3 aromatic carbocycles. The van der Waals surface area contributed by atoms with Gasteiger partial charge in [-0.1, -0.05) is 33.6 Å². The van der Waals surface area contributed by atoms with Gasteiger partial charge in [-0.15, -0.1) is 0 Å². The summed E-state index contributed by atoms with van der Waals surface area (Å²) in [4.78, 5) is 36.6. The van der Waals surface area contributed by atoms with Crippen molar-refractivity contribution in [2.75, 3.05) is 11.9 Å². The number of esters is 1. The van der Waals surface area contributed by atoms with Crippen LogP contribution in [-0.4, -0.2) is 24.3 Å². The van der Waals surface area contributed by atoms with Crippen molar-refractivity contribution in [3.8, 4) is 0 Å². The smallest absolute Gasteiger partial charge is 0.338 e. The van der Waals surface area contributed by atoms with Crippen LogP contribution in [0.3, 0.4) is 0 Å². The van der Waals surface area contributed by atoms with Crippen molar-refractivity contribution in [1.29, 1.82) is 0 Å². The van der Waals surface area contributed by atoms with Gasteiger partial charge in [0, 0.05) is 26.3 Å². The highest BCUT2D eigenvalue weighted by molar-refractivity contribution is 9.10. The molecule has 0 aliphatic heterocycles. The van der Waals surface area contributed by atoms with E-state index in [9.17, 15) is 14.4 Å². The molecule has 0 fully saturated rings. The average Bonchev–Trinajstić information content (AvgIpc) is 2.74. The zero-order valence-corrected chi connectivity index (χ0v) is 18.3. The second kappa shape index (κ2) is 9.69. The van der Waals surface area contributed by atoms with Crippen LogP contribution >= 0.6 is 27.5 Å². The quantitative estimate of drug-likeness (QED) is 0.358. The van der Waals surface area contributed by atoms with E-state index in [1.165, 1.54) is 12.1 Å². The van der Waals surface area contributed by atoms with Gasteiger partial charge >= 0.3 is 5.97 Å². The first-order valence-electron chi connectivity index (χ1n) is 8.97. The Bertz CT molecular complexity index is 1100. The Morgan fingerprint density at radius 1 is 0.900 bits per heavy atom. The van der Waals surface area contributed by atoms with Gasteiger partial charge in [0.15, 0.2) is 12.4 Å². The second-order valence-corrected chi connectivity index (χ2v) is 7.79. The maximum atomic E-state index is 12.4. The molecule has 7 heteroatoms. The number of benzene rings is 3. The largest absolute Gasteiger partial charge is 0.454 e. The molecule has 0 unspecified atom stereocenters. The van der Waals surface area contributed by atoms with Gasteiger partial charge in [-0.2, -0.15) is 0 Å². The van der Waals surface area contributed by atoms with Crippen LogP contribution in [0.15, 0.2) is 71.2 Å². The Kier molecular flexibility index (Phi) is 7.03. The number of nitrogens with one attached hydrogen (secondary N) is 1. The third-order valence-electron chi connectivity index (χ3n) is 4.31. The molecule has 1 amide bonds. The summed E-state index contributed by atoms with van der Waals surface area (Å²) in [6.07, 6.45) is 0. The van der Waals surface area contributed by atoms with Crippen LogP contribution < -0.4 is 5.32 Å². The number of ketones is 1. The first-order chi connectivity index (χ1) is 14.3. The zero-order chi connectivity index (χ0) is 21.7. The van der Waals surface area contributed by atoms with Crippen molar-refractivity contribution in [3.63, 3.8) is 0 Å². The van der Waals surface area contributed by atoms with Crippen LogP contribution in [0.1, 0.15) is 36.6 Å². The van der Waals surface area contributed by atoms with Crippen LogP contribution in [0.25, 0.3) is 0 Å². The van der Waals surface area contributed by atoms with Gasteiger partial charge < -0.3 is 10.1 Å². The van der Waals surface area contributed by atoms with E-state index in [2.05, 4.69) is 21.2 Å². The first kappa shape index (κ1) is 21.7. The van der Waals surface area contributed by atoms with Crippen LogP contribution in [-0.2, 0) is 4.74 Å². The van der Waals surface area contributed by atoms with Crippen molar-refractivity contribution in [3.05, 3.63) is 98.5 Å². The van der Waals surface area contributed by atoms with Crippen LogP contribution in [0.2, 0.25) is 5.02 Å². The van der Waals surface area contributed by atoms with E-state index in [0.717, 1.165) is 10.0 Å². The number of ether oxygens (including phenoxy) is 1. The molecule has 3 rings (SSSR count). The minimum absolute atomic E-state index is 0.264. The van der Waals surface area contributed by atoms with E-state index in [-0.39, 0.29) is 23.9 Å². The summed E-state index contributed by atoms with van der Waals surface area (Å²) in [6.45, 7) is 1.56. The Balaban J connectivity index is 1.57. The topological polar surface area (TPSA) is 72.5 Å². The van der Waals surface area contributed by atoms with E-state index in [4.69, 9.17) is 16.3 Å². The minimum atomic E-state index is -0.627. The van der Waals surface area contributed by atoms with Gasteiger partial charge in [0.2, 0.25) is 0 Å². The van der Waals surface area contributed by atoms with Crippen molar-refractivity contribution in [2.24, 2.45) is 0 Å². The zero-order valence-electron chi connectivity index (χ0n) is 15.9. The normalized spacial score (nSPS) is 10.4. The summed E-state index contributed by atoms with van der Waals surface area (Å²) in [6, 6.07) is 17.9. The summed E-state index contributed by atoms with van der Waals surface area (Å²) >= 11 is 9.20. The van der Waals surface area contributed by atoms with Crippen molar-refractivity contribution >= 4 is 50.9 Å². The summed E-state index contributed by atoms with van der Waals surface area (Å²) in [5, 5.41) is 3.29. The number of anilines is 1. The lowest BCUT2D eigenvalue weighted by Crippen LogP contribution is -2.15. The Morgan fingerprint density at radius 2 is 1.50 bits per heavy atom. The van der Waals surface area contributed by atoms with Gasteiger partial charge in [0.1, 0.15) is 0 Å². The summed E-state index contributed by atoms with van der Waals surface area (Å²) in [7, 11) is 0. The minimum Gasteiger partial charge on any atom is -0.454 e. The molecular formula is C23H17BrClNO4. The molecule has 1 N–H and O–H groups in total. The van der Waals surface area contributed by atoms with E-state index in [1.807, 2.05) is 13.0 Å². The first-order valence-corrected chi connectivity index (χ1v) is 10.1.